The number of likely N-dealkylation sites (N-methyl/N-ethyl adjacent to an activating group) is 4. The predicted molar refractivity (Wildman–Crippen MR) is 484 cm³/mol. The topological polar surface area (TPSA) is 434 Å². The molecule has 0 fully saturated rings. The van der Waals surface area contributed by atoms with Crippen molar-refractivity contribution < 1.29 is 102 Å². The van der Waals surface area contributed by atoms with Crippen LogP contribution >= 0.6 is 11.6 Å². The van der Waals surface area contributed by atoms with Crippen molar-refractivity contribution in [3.63, 3.8) is 0 Å². The van der Waals surface area contributed by atoms with Gasteiger partial charge in [0.05, 0.1) is 171 Å². The number of imide groups is 3. The summed E-state index contributed by atoms with van der Waals surface area (Å²) in [5.74, 6) is -1.85. The summed E-state index contributed by atoms with van der Waals surface area (Å²) in [6, 6.07) is 22.1. The van der Waals surface area contributed by atoms with Crippen LogP contribution in [0, 0.1) is 0 Å². The van der Waals surface area contributed by atoms with E-state index in [-0.39, 0.29) is 107 Å². The SMILES string of the molecule is CCN1CCOCCn2cc(c3cccnc32)C2=C(C(=O)N(C)C2=O)c2cn(c3ncccc23)CCOCC1.CN1C(=O)C(c2cn(CCOCCO)c3ncccc23)=C(c2cn(CCOCCO)c3ncccc23)C1=O.CN1C(=O)C(c2cn(CCOCCOS(C)(=O)=O)c3ncccc23)=C(c2cn(CCOCCOS(C)(=O)=O)c3ncccc23)C1=O.OCCOCCCl. The van der Waals surface area contributed by atoms with Gasteiger partial charge in [-0.2, -0.15) is 16.8 Å². The number of hydrogen-bond acceptors (Lipinski definition) is 29. The minimum absolute atomic E-state index is 0.0643. The third kappa shape index (κ3) is 22.2. The van der Waals surface area contributed by atoms with Crippen LogP contribution in [0.1, 0.15) is 40.3 Å². The highest BCUT2D eigenvalue weighted by atomic mass is 35.5. The lowest BCUT2D eigenvalue weighted by molar-refractivity contribution is -0.135. The van der Waals surface area contributed by atoms with Gasteiger partial charge in [-0.25, -0.2) is 29.9 Å². The zero-order valence-corrected chi connectivity index (χ0v) is 75.2. The van der Waals surface area contributed by atoms with Crippen LogP contribution < -0.4 is 0 Å². The Hall–Kier alpha value is -11.6. The quantitative estimate of drug-likeness (QED) is 0.0198. The number of ether oxygens (including phenoxy) is 7. The van der Waals surface area contributed by atoms with Crippen molar-refractivity contribution in [2.24, 2.45) is 0 Å². The van der Waals surface area contributed by atoms with Gasteiger partial charge in [-0.05, 0) is 79.3 Å². The molecule has 4 bridgehead atoms. The number of alkyl halides is 1. The average molecular weight is 1850 g/mol. The fourth-order valence-electron chi connectivity index (χ4n) is 15.6. The number of pyridine rings is 6. The number of halogens is 1. The molecule has 12 aromatic heterocycles. The molecule has 0 spiro atoms. The van der Waals surface area contributed by atoms with Crippen molar-refractivity contribution in [2.45, 2.75) is 46.2 Å². The van der Waals surface area contributed by atoms with Crippen LogP contribution in [0.3, 0.4) is 0 Å². The van der Waals surface area contributed by atoms with E-state index in [4.69, 9.17) is 68.4 Å². The van der Waals surface area contributed by atoms with Crippen molar-refractivity contribution >= 4 is 167 Å². The molecular formula is C89H103ClN16O22S2. The molecule has 16 rings (SSSR count). The summed E-state index contributed by atoms with van der Waals surface area (Å²) in [7, 11) is -2.67. The molecular weight excluding hydrogens is 1740 g/mol. The number of amides is 6. The van der Waals surface area contributed by atoms with Gasteiger partial charge in [-0.3, -0.25) is 56.7 Å². The van der Waals surface area contributed by atoms with E-state index in [2.05, 4.69) is 41.7 Å². The van der Waals surface area contributed by atoms with Gasteiger partial charge in [0.15, 0.2) is 0 Å². The molecule has 4 aliphatic rings. The second-order valence-electron chi connectivity index (χ2n) is 30.1. The molecule has 12 aromatic rings. The summed E-state index contributed by atoms with van der Waals surface area (Å²) in [4.78, 5) is 115. The van der Waals surface area contributed by atoms with E-state index >= 15 is 0 Å². The maximum atomic E-state index is 13.7. The van der Waals surface area contributed by atoms with Gasteiger partial charge in [-0.1, -0.05) is 6.92 Å². The fraction of sp³-hybridized carbons (Fsp3) is 0.393. The van der Waals surface area contributed by atoms with Gasteiger partial charge in [0, 0.05) is 219 Å². The second-order valence-corrected chi connectivity index (χ2v) is 33.7. The summed E-state index contributed by atoms with van der Waals surface area (Å²) in [6.07, 6.45) is 23.1. The first-order valence-corrected chi connectivity index (χ1v) is 46.3. The van der Waals surface area contributed by atoms with Gasteiger partial charge in [0.1, 0.15) is 33.9 Å². The number of carbonyl (C=O) groups is 6. The molecule has 690 valence electrons. The van der Waals surface area contributed by atoms with E-state index in [1.807, 2.05) is 101 Å². The molecule has 3 N–H and O–H groups in total. The number of hydrogen-bond donors (Lipinski definition) is 3. The van der Waals surface area contributed by atoms with Crippen LogP contribution in [-0.4, -0.2) is 329 Å². The van der Waals surface area contributed by atoms with Crippen LogP contribution in [0.4, 0.5) is 0 Å². The maximum Gasteiger partial charge on any atom is 0.264 e. The van der Waals surface area contributed by atoms with E-state index in [0.29, 0.717) is 187 Å². The first-order chi connectivity index (χ1) is 62.9. The number of aromatic nitrogens is 12. The Bertz CT molecular complexity index is 6080. The molecule has 38 nitrogen and oxygen atoms in total. The third-order valence-corrected chi connectivity index (χ3v) is 23.0. The molecule has 130 heavy (non-hydrogen) atoms. The van der Waals surface area contributed by atoms with Crippen LogP contribution in [0.5, 0.6) is 0 Å². The summed E-state index contributed by atoms with van der Waals surface area (Å²) >= 11 is 5.23. The Labute approximate surface area is 753 Å². The Balaban J connectivity index is 0.000000161. The minimum Gasteiger partial charge on any atom is -0.394 e. The van der Waals surface area contributed by atoms with Crippen molar-refractivity contribution in [2.75, 3.05) is 185 Å². The highest BCUT2D eigenvalue weighted by Gasteiger charge is 2.44. The van der Waals surface area contributed by atoms with Gasteiger partial charge >= 0.3 is 0 Å². The predicted octanol–water partition coefficient (Wildman–Crippen LogP) is 5.49. The van der Waals surface area contributed by atoms with Crippen molar-refractivity contribution in [1.82, 2.24) is 76.9 Å². The van der Waals surface area contributed by atoms with Crippen LogP contribution in [0.25, 0.3) is 99.6 Å². The van der Waals surface area contributed by atoms with Crippen LogP contribution in [-0.2, 0) is 130 Å². The number of aliphatic hydroxyl groups excluding tert-OH is 3. The Morgan fingerprint density at radius 3 is 0.854 bits per heavy atom. The zero-order valence-electron chi connectivity index (χ0n) is 72.8. The van der Waals surface area contributed by atoms with E-state index in [1.54, 1.807) is 73.8 Å². The standard InChI is InChI=1S/C29H32N6O4.C29H33N5O10S2.C27H29N5O6.C4H9ClO2/c1-3-33-10-14-38-16-12-34-18-22(20-6-4-8-30-26(20)34)24-25(29(37)32(2)28(24)36)23-19-35(13-17-39-15-11-33)27-21(23)7-5-9-31-27;1-32-28(35)24(22-18-33(26-20(22)6-4-8-30-26)10-12-41-14-16-43-45(2,37)38)25(29(32)36)23-19-34(27-21(23)7-5-9-31-27)11-13-42-15-17-44-46(3,39)40;1-30-26(35)22(20-16-31(8-12-37-14-10-33)24-18(20)4-2-6-28-24)23(27(30)36)21-17-32(9-13-38-15-11-34)25-19(21)5-3-7-29-25;5-1-3-7-4-2-6/h4-9,18-19H,3,10-17H2,1-2H3;4-9,18-19H,10-17H2,1-3H3;2-7,16-17,33-34H,8-15H2,1H3;6H,1-4H2. The minimum atomic E-state index is -3.56. The van der Waals surface area contributed by atoms with Crippen LogP contribution in [0.15, 0.2) is 147 Å². The molecule has 16 heterocycles. The lowest BCUT2D eigenvalue weighted by Crippen LogP contribution is -2.31. The molecule has 41 heteroatoms. The molecule has 0 atom stereocenters. The first kappa shape index (κ1) is 96.0. The maximum absolute atomic E-state index is 13.7. The summed E-state index contributed by atoms with van der Waals surface area (Å²) in [5, 5.41) is 30.6. The van der Waals surface area contributed by atoms with Crippen molar-refractivity contribution in [3.8, 4) is 0 Å². The number of rotatable bonds is 33. The third-order valence-electron chi connectivity index (χ3n) is 21.7. The van der Waals surface area contributed by atoms with E-state index in [9.17, 15) is 45.6 Å². The second kappa shape index (κ2) is 44.8. The zero-order chi connectivity index (χ0) is 92.2. The molecule has 0 radical (unpaired) electrons. The van der Waals surface area contributed by atoms with Gasteiger partial charge < -0.3 is 75.9 Å². The molecule has 0 saturated heterocycles. The lowest BCUT2D eigenvalue weighted by atomic mass is 9.96. The van der Waals surface area contributed by atoms with E-state index in [0.717, 1.165) is 74.8 Å². The van der Waals surface area contributed by atoms with Crippen molar-refractivity contribution in [1.29, 1.82) is 0 Å². The smallest absolute Gasteiger partial charge is 0.264 e. The average Bonchev–Trinajstić information content (AvgIpc) is 1.58. The summed E-state index contributed by atoms with van der Waals surface area (Å²) in [6.45, 7) is 12.1. The lowest BCUT2D eigenvalue weighted by Gasteiger charge is -2.20. The highest BCUT2D eigenvalue weighted by molar-refractivity contribution is 7.86. The van der Waals surface area contributed by atoms with E-state index < -0.39 is 32.1 Å². The normalized spacial score (nSPS) is 15.3. The largest absolute Gasteiger partial charge is 0.394 e. The van der Waals surface area contributed by atoms with Crippen molar-refractivity contribution in [3.05, 3.63) is 181 Å². The van der Waals surface area contributed by atoms with Gasteiger partial charge in [-0.15, -0.1) is 11.6 Å². The monoisotopic (exact) mass is 1850 g/mol. The molecule has 6 amide bonds. The Morgan fingerprint density at radius 1 is 0.346 bits per heavy atom. The molecule has 0 aromatic carbocycles. The van der Waals surface area contributed by atoms with Crippen LogP contribution in [0.2, 0.25) is 0 Å². The Morgan fingerprint density at radius 2 is 0.592 bits per heavy atom. The number of nitrogens with zero attached hydrogens (tertiary/aromatic N) is 16. The first-order valence-electron chi connectivity index (χ1n) is 42.1. The fourth-order valence-corrected chi connectivity index (χ4v) is 16.5. The number of aliphatic hydroxyl groups is 3. The number of fused-ring (bicyclic) bond motifs is 16. The summed E-state index contributed by atoms with van der Waals surface area (Å²) in [5.41, 5.74) is 9.52. The molecule has 0 saturated carbocycles. The van der Waals surface area contributed by atoms with Gasteiger partial charge in [0.2, 0.25) is 0 Å². The molecule has 0 unspecified atom stereocenters. The molecule has 4 aliphatic heterocycles. The molecule has 0 aliphatic carbocycles. The van der Waals surface area contributed by atoms with E-state index in [1.165, 1.54) is 26.0 Å². The highest BCUT2D eigenvalue weighted by Crippen LogP contribution is 2.45. The Kier molecular flexibility index (Phi) is 33.1. The number of carbonyl (C=O) groups excluding carboxylic acids is 6. The summed E-state index contributed by atoms with van der Waals surface area (Å²) < 4.78 is 104. The van der Waals surface area contributed by atoms with Gasteiger partial charge in [0.25, 0.3) is 55.7 Å².